The fourth-order valence-corrected chi connectivity index (χ4v) is 3.15. The van der Waals surface area contributed by atoms with Gasteiger partial charge in [-0.05, 0) is 29.7 Å². The molecule has 0 unspecified atom stereocenters. The van der Waals surface area contributed by atoms with E-state index in [2.05, 4.69) is 45.3 Å². The highest BCUT2D eigenvalue weighted by Gasteiger charge is 2.07. The molecular weight excluding hydrogens is 346 g/mol. The first-order valence-electron chi connectivity index (χ1n) is 6.05. The third-order valence-electron chi connectivity index (χ3n) is 2.49. The lowest BCUT2D eigenvalue weighted by Crippen LogP contribution is -1.99. The molecule has 0 saturated carbocycles. The van der Waals surface area contributed by atoms with Gasteiger partial charge < -0.3 is 5.32 Å². The predicted molar refractivity (Wildman–Crippen MR) is 84.9 cm³/mol. The first-order chi connectivity index (χ1) is 9.04. The highest BCUT2D eigenvalue weighted by molar-refractivity contribution is 9.10. The maximum absolute atomic E-state index is 6.14. The van der Waals surface area contributed by atoms with Crippen LogP contribution in [0.15, 0.2) is 22.7 Å². The van der Waals surface area contributed by atoms with Crippen LogP contribution >= 0.6 is 38.9 Å². The number of nitrogens with one attached hydrogen (secondary N) is 1. The normalized spacial score (nSPS) is 11.0. The van der Waals surface area contributed by atoms with Gasteiger partial charge in [-0.1, -0.05) is 52.7 Å². The van der Waals surface area contributed by atoms with Crippen molar-refractivity contribution in [3.63, 3.8) is 0 Å². The molecule has 0 radical (unpaired) electrons. The molecule has 0 aliphatic heterocycles. The molecule has 102 valence electrons. The van der Waals surface area contributed by atoms with Crippen LogP contribution in [0.3, 0.4) is 0 Å². The van der Waals surface area contributed by atoms with Gasteiger partial charge in [0.1, 0.15) is 5.01 Å². The minimum atomic E-state index is 0.598. The standard InChI is InChI=1S/C13H15BrClN3S/c1-8(2)5-12-17-18-13(19-12)16-7-9-6-10(14)3-4-11(9)15/h3-4,6,8H,5,7H2,1-2H3,(H,16,18). The molecule has 2 aromatic rings. The van der Waals surface area contributed by atoms with E-state index < -0.39 is 0 Å². The van der Waals surface area contributed by atoms with Crippen molar-refractivity contribution in [2.45, 2.75) is 26.8 Å². The number of benzene rings is 1. The zero-order valence-electron chi connectivity index (χ0n) is 10.8. The summed E-state index contributed by atoms with van der Waals surface area (Å²) in [5, 5.41) is 14.2. The molecule has 1 N–H and O–H groups in total. The summed E-state index contributed by atoms with van der Waals surface area (Å²) in [4.78, 5) is 0. The number of halogens is 2. The van der Waals surface area contributed by atoms with Crippen LogP contribution in [0.25, 0.3) is 0 Å². The van der Waals surface area contributed by atoms with Crippen molar-refractivity contribution in [2.24, 2.45) is 5.92 Å². The van der Waals surface area contributed by atoms with Gasteiger partial charge in [-0.3, -0.25) is 0 Å². The second-order valence-electron chi connectivity index (χ2n) is 4.69. The summed E-state index contributed by atoms with van der Waals surface area (Å²) in [7, 11) is 0. The Morgan fingerprint density at radius 2 is 2.16 bits per heavy atom. The first kappa shape index (κ1) is 14.8. The molecule has 0 fully saturated rings. The summed E-state index contributed by atoms with van der Waals surface area (Å²) >= 11 is 11.2. The number of nitrogens with zero attached hydrogens (tertiary/aromatic N) is 2. The van der Waals surface area contributed by atoms with Gasteiger partial charge in [0, 0.05) is 22.5 Å². The molecule has 3 nitrogen and oxygen atoms in total. The van der Waals surface area contributed by atoms with E-state index in [9.17, 15) is 0 Å². The molecule has 0 amide bonds. The van der Waals surface area contributed by atoms with Gasteiger partial charge in [-0.15, -0.1) is 10.2 Å². The van der Waals surface area contributed by atoms with Crippen LogP contribution in [0.2, 0.25) is 5.02 Å². The number of rotatable bonds is 5. The Balaban J connectivity index is 1.98. The zero-order chi connectivity index (χ0) is 13.8. The highest BCUT2D eigenvalue weighted by atomic mass is 79.9. The zero-order valence-corrected chi connectivity index (χ0v) is 13.9. The average Bonchev–Trinajstić information content (AvgIpc) is 2.77. The number of anilines is 1. The van der Waals surface area contributed by atoms with E-state index in [0.29, 0.717) is 12.5 Å². The van der Waals surface area contributed by atoms with Crippen LogP contribution in [0.5, 0.6) is 0 Å². The summed E-state index contributed by atoms with van der Waals surface area (Å²) in [6.07, 6.45) is 0.969. The quantitative estimate of drug-likeness (QED) is 0.835. The lowest BCUT2D eigenvalue weighted by molar-refractivity contribution is 0.640. The molecule has 1 aromatic carbocycles. The third kappa shape index (κ3) is 4.44. The first-order valence-corrected chi connectivity index (χ1v) is 8.03. The smallest absolute Gasteiger partial charge is 0.205 e. The summed E-state index contributed by atoms with van der Waals surface area (Å²) in [6.45, 7) is 5.00. The molecule has 1 heterocycles. The van der Waals surface area contributed by atoms with E-state index in [0.717, 1.165) is 31.6 Å². The average molecular weight is 361 g/mol. The molecule has 0 aliphatic carbocycles. The van der Waals surface area contributed by atoms with Gasteiger partial charge in [0.25, 0.3) is 0 Å². The van der Waals surface area contributed by atoms with Gasteiger partial charge in [-0.2, -0.15) is 0 Å². The molecule has 1 aromatic heterocycles. The highest BCUT2D eigenvalue weighted by Crippen LogP contribution is 2.23. The molecular formula is C13H15BrClN3S. The minimum Gasteiger partial charge on any atom is -0.356 e. The Bertz CT molecular complexity index is 557. The van der Waals surface area contributed by atoms with Crippen molar-refractivity contribution in [2.75, 3.05) is 5.32 Å². The van der Waals surface area contributed by atoms with Crippen LogP contribution in [0, 0.1) is 5.92 Å². The van der Waals surface area contributed by atoms with E-state index in [1.807, 2.05) is 18.2 Å². The van der Waals surface area contributed by atoms with E-state index >= 15 is 0 Å². The molecule has 6 heteroatoms. The molecule has 0 atom stereocenters. The number of aromatic nitrogens is 2. The fraction of sp³-hybridized carbons (Fsp3) is 0.385. The van der Waals surface area contributed by atoms with E-state index in [1.165, 1.54) is 0 Å². The molecule has 0 bridgehead atoms. The maximum atomic E-state index is 6.14. The monoisotopic (exact) mass is 359 g/mol. The Labute approximate surface area is 130 Å². The molecule has 2 rings (SSSR count). The number of hydrogen-bond donors (Lipinski definition) is 1. The summed E-state index contributed by atoms with van der Waals surface area (Å²) in [5.41, 5.74) is 1.04. The van der Waals surface area contributed by atoms with Gasteiger partial charge in [0.05, 0.1) is 0 Å². The minimum absolute atomic E-state index is 0.598. The summed E-state index contributed by atoms with van der Waals surface area (Å²) < 4.78 is 1.02. The van der Waals surface area contributed by atoms with Crippen LogP contribution in [0.4, 0.5) is 5.13 Å². The lowest BCUT2D eigenvalue weighted by Gasteiger charge is -2.05. The Hall–Kier alpha value is -0.650. The Morgan fingerprint density at radius 3 is 2.89 bits per heavy atom. The lowest BCUT2D eigenvalue weighted by atomic mass is 10.1. The van der Waals surface area contributed by atoms with Gasteiger partial charge >= 0.3 is 0 Å². The van der Waals surface area contributed by atoms with Crippen LogP contribution < -0.4 is 5.32 Å². The second-order valence-corrected chi connectivity index (χ2v) is 7.07. The molecule has 0 aliphatic rings. The van der Waals surface area contributed by atoms with Crippen molar-refractivity contribution in [1.82, 2.24) is 10.2 Å². The van der Waals surface area contributed by atoms with Crippen LogP contribution in [-0.2, 0) is 13.0 Å². The molecule has 0 saturated heterocycles. The van der Waals surface area contributed by atoms with Crippen molar-refractivity contribution >= 4 is 44.0 Å². The van der Waals surface area contributed by atoms with E-state index in [1.54, 1.807) is 11.3 Å². The van der Waals surface area contributed by atoms with Crippen molar-refractivity contribution in [3.05, 3.63) is 38.3 Å². The van der Waals surface area contributed by atoms with Gasteiger partial charge in [0.15, 0.2) is 0 Å². The van der Waals surface area contributed by atoms with Crippen molar-refractivity contribution in [1.29, 1.82) is 0 Å². The molecule has 19 heavy (non-hydrogen) atoms. The molecule has 0 spiro atoms. The second kappa shape index (κ2) is 6.68. The van der Waals surface area contributed by atoms with Gasteiger partial charge in [0.2, 0.25) is 5.13 Å². The maximum Gasteiger partial charge on any atom is 0.205 e. The van der Waals surface area contributed by atoms with Crippen molar-refractivity contribution in [3.8, 4) is 0 Å². The number of hydrogen-bond acceptors (Lipinski definition) is 4. The van der Waals surface area contributed by atoms with Crippen LogP contribution in [0.1, 0.15) is 24.4 Å². The summed E-state index contributed by atoms with van der Waals surface area (Å²) in [5.74, 6) is 0.598. The van der Waals surface area contributed by atoms with E-state index in [-0.39, 0.29) is 0 Å². The van der Waals surface area contributed by atoms with Crippen molar-refractivity contribution < 1.29 is 0 Å². The Kier molecular flexibility index (Phi) is 5.19. The largest absolute Gasteiger partial charge is 0.356 e. The van der Waals surface area contributed by atoms with Crippen LogP contribution in [-0.4, -0.2) is 10.2 Å². The van der Waals surface area contributed by atoms with Gasteiger partial charge in [-0.25, -0.2) is 0 Å². The Morgan fingerprint density at radius 1 is 1.37 bits per heavy atom. The third-order valence-corrected chi connectivity index (χ3v) is 4.25. The summed E-state index contributed by atoms with van der Waals surface area (Å²) in [6, 6.07) is 5.82. The fourth-order valence-electron chi connectivity index (χ4n) is 1.61. The predicted octanol–water partition coefficient (Wildman–Crippen LogP) is 4.76. The van der Waals surface area contributed by atoms with E-state index in [4.69, 9.17) is 11.6 Å². The topological polar surface area (TPSA) is 37.8 Å². The SMILES string of the molecule is CC(C)Cc1nnc(NCc2cc(Br)ccc2Cl)s1.